The number of rotatable bonds is 3. The van der Waals surface area contributed by atoms with Crippen LogP contribution in [0.5, 0.6) is 0 Å². The van der Waals surface area contributed by atoms with Crippen LogP contribution in [0.2, 0.25) is 10.0 Å². The zero-order valence-electron chi connectivity index (χ0n) is 9.07. The topological polar surface area (TPSA) is 43.4 Å². The third-order valence-corrected chi connectivity index (χ3v) is 3.21. The fraction of sp³-hybridized carbons (Fsp3) is 0.333. The molecule has 0 bridgehead atoms. The number of esters is 1. The molecule has 1 aliphatic carbocycles. The highest BCUT2D eigenvalue weighted by Crippen LogP contribution is 2.42. The molecule has 0 heterocycles. The molecule has 1 aliphatic rings. The van der Waals surface area contributed by atoms with E-state index in [2.05, 4.69) is 4.74 Å². The Bertz CT molecular complexity index is 464. The van der Waals surface area contributed by atoms with Crippen LogP contribution >= 0.6 is 23.2 Å². The van der Waals surface area contributed by atoms with E-state index in [1.165, 1.54) is 7.11 Å². The lowest BCUT2D eigenvalue weighted by Crippen LogP contribution is -2.10. The Morgan fingerprint density at radius 1 is 1.18 bits per heavy atom. The first kappa shape index (κ1) is 12.4. The molecule has 2 atom stereocenters. The third-order valence-electron chi connectivity index (χ3n) is 2.78. The number of ketones is 1. The van der Waals surface area contributed by atoms with E-state index in [1.54, 1.807) is 18.2 Å². The summed E-state index contributed by atoms with van der Waals surface area (Å²) in [5.41, 5.74) is 0.443. The van der Waals surface area contributed by atoms with Gasteiger partial charge in [-0.25, -0.2) is 0 Å². The van der Waals surface area contributed by atoms with E-state index in [9.17, 15) is 9.59 Å². The van der Waals surface area contributed by atoms with Crippen LogP contribution in [0, 0.1) is 11.8 Å². The Labute approximate surface area is 109 Å². The quantitative estimate of drug-likeness (QED) is 0.628. The monoisotopic (exact) mass is 272 g/mol. The summed E-state index contributed by atoms with van der Waals surface area (Å²) in [6, 6.07) is 4.68. The van der Waals surface area contributed by atoms with Crippen LogP contribution in [0.1, 0.15) is 16.8 Å². The van der Waals surface area contributed by atoms with Gasteiger partial charge in [-0.1, -0.05) is 23.2 Å². The average molecular weight is 273 g/mol. The molecule has 1 saturated carbocycles. The number of hydrogen-bond donors (Lipinski definition) is 0. The second-order valence-corrected chi connectivity index (χ2v) is 4.87. The largest absolute Gasteiger partial charge is 0.469 e. The minimum absolute atomic E-state index is 0.107. The van der Waals surface area contributed by atoms with Crippen LogP contribution in [0.25, 0.3) is 0 Å². The lowest BCUT2D eigenvalue weighted by atomic mass is 10.1. The van der Waals surface area contributed by atoms with E-state index in [1.807, 2.05) is 0 Å². The van der Waals surface area contributed by atoms with Crippen LogP contribution in [-0.4, -0.2) is 18.9 Å². The van der Waals surface area contributed by atoms with Crippen molar-refractivity contribution in [2.75, 3.05) is 7.11 Å². The number of benzene rings is 1. The zero-order chi connectivity index (χ0) is 12.6. The van der Waals surface area contributed by atoms with Gasteiger partial charge < -0.3 is 4.74 Å². The van der Waals surface area contributed by atoms with Gasteiger partial charge >= 0.3 is 5.97 Å². The van der Waals surface area contributed by atoms with Crippen LogP contribution in [0.4, 0.5) is 0 Å². The number of methoxy groups -OCH3 is 1. The SMILES string of the molecule is COC(=O)[C@H]1C[C@@H]1C(=O)c1cc(Cl)cc(Cl)c1. The molecule has 5 heteroatoms. The van der Waals surface area contributed by atoms with Crippen molar-refractivity contribution in [1.29, 1.82) is 0 Å². The summed E-state index contributed by atoms with van der Waals surface area (Å²) in [4.78, 5) is 23.2. The van der Waals surface area contributed by atoms with E-state index >= 15 is 0 Å². The summed E-state index contributed by atoms with van der Waals surface area (Å²) in [6.07, 6.45) is 0.537. The molecule has 0 spiro atoms. The second kappa shape index (κ2) is 4.67. The van der Waals surface area contributed by atoms with Crippen LogP contribution < -0.4 is 0 Å². The summed E-state index contributed by atoms with van der Waals surface area (Å²) in [5.74, 6) is -1.05. The summed E-state index contributed by atoms with van der Waals surface area (Å²) in [6.45, 7) is 0. The lowest BCUT2D eigenvalue weighted by Gasteiger charge is -2.02. The predicted molar refractivity (Wildman–Crippen MR) is 64.4 cm³/mol. The molecular formula is C12H10Cl2O3. The first-order chi connectivity index (χ1) is 8.02. The molecule has 2 rings (SSSR count). The second-order valence-electron chi connectivity index (χ2n) is 3.99. The van der Waals surface area contributed by atoms with Gasteiger partial charge in [0.25, 0.3) is 0 Å². The first-order valence-electron chi connectivity index (χ1n) is 5.11. The molecule has 1 aromatic carbocycles. The normalized spacial score (nSPS) is 22.1. The van der Waals surface area contributed by atoms with Gasteiger partial charge in [0.2, 0.25) is 0 Å². The van der Waals surface area contributed by atoms with Crippen molar-refractivity contribution in [3.63, 3.8) is 0 Å². The molecule has 3 nitrogen and oxygen atoms in total. The number of hydrogen-bond acceptors (Lipinski definition) is 3. The predicted octanol–water partition coefficient (Wildman–Crippen LogP) is 2.99. The van der Waals surface area contributed by atoms with Gasteiger partial charge in [-0.2, -0.15) is 0 Å². The van der Waals surface area contributed by atoms with Crippen molar-refractivity contribution in [1.82, 2.24) is 0 Å². The highest BCUT2D eigenvalue weighted by Gasteiger charge is 2.48. The number of Topliss-reactive ketones (excluding diaryl/α,β-unsaturated/α-hetero) is 1. The van der Waals surface area contributed by atoms with Gasteiger partial charge in [0.05, 0.1) is 13.0 Å². The lowest BCUT2D eigenvalue weighted by molar-refractivity contribution is -0.142. The molecule has 0 N–H and O–H groups in total. The van der Waals surface area contributed by atoms with E-state index in [-0.39, 0.29) is 23.6 Å². The standard InChI is InChI=1S/C12H10Cl2O3/c1-17-12(16)10-5-9(10)11(15)6-2-7(13)4-8(14)3-6/h2-4,9-10H,5H2,1H3/t9-,10-/m0/s1. The summed E-state index contributed by atoms with van der Waals surface area (Å²) in [5, 5.41) is 0.826. The minimum Gasteiger partial charge on any atom is -0.469 e. The number of carbonyl (C=O) groups excluding carboxylic acids is 2. The Morgan fingerprint density at radius 3 is 2.29 bits per heavy atom. The van der Waals surface area contributed by atoms with Gasteiger partial charge in [-0.05, 0) is 24.6 Å². The molecular weight excluding hydrogens is 263 g/mol. The van der Waals surface area contributed by atoms with Gasteiger partial charge in [0, 0.05) is 21.5 Å². The summed E-state index contributed by atoms with van der Waals surface area (Å²) >= 11 is 11.6. The first-order valence-corrected chi connectivity index (χ1v) is 5.86. The number of carbonyl (C=O) groups is 2. The molecule has 1 fully saturated rings. The van der Waals surface area contributed by atoms with Crippen molar-refractivity contribution < 1.29 is 14.3 Å². The smallest absolute Gasteiger partial charge is 0.309 e. The van der Waals surface area contributed by atoms with Crippen molar-refractivity contribution in [2.45, 2.75) is 6.42 Å². The molecule has 90 valence electrons. The fourth-order valence-electron chi connectivity index (χ4n) is 1.81. The van der Waals surface area contributed by atoms with Crippen LogP contribution in [0.3, 0.4) is 0 Å². The minimum atomic E-state index is -0.337. The maximum absolute atomic E-state index is 12.0. The van der Waals surface area contributed by atoms with Crippen molar-refractivity contribution in [3.05, 3.63) is 33.8 Å². The van der Waals surface area contributed by atoms with E-state index in [4.69, 9.17) is 23.2 Å². The average Bonchev–Trinajstić information content (AvgIpc) is 3.05. The van der Waals surface area contributed by atoms with Crippen molar-refractivity contribution in [3.8, 4) is 0 Å². The van der Waals surface area contributed by atoms with Crippen molar-refractivity contribution >= 4 is 35.0 Å². The molecule has 1 aromatic rings. The summed E-state index contributed by atoms with van der Waals surface area (Å²) in [7, 11) is 1.32. The van der Waals surface area contributed by atoms with Crippen molar-refractivity contribution in [2.24, 2.45) is 11.8 Å². The van der Waals surface area contributed by atoms with Crippen LogP contribution in [0.15, 0.2) is 18.2 Å². The number of halogens is 2. The fourth-order valence-corrected chi connectivity index (χ4v) is 2.33. The number of ether oxygens (including phenoxy) is 1. The maximum Gasteiger partial charge on any atom is 0.309 e. The molecule has 0 radical (unpaired) electrons. The van der Waals surface area contributed by atoms with Gasteiger partial charge in [-0.3, -0.25) is 9.59 Å². The maximum atomic E-state index is 12.0. The van der Waals surface area contributed by atoms with Gasteiger partial charge in [-0.15, -0.1) is 0 Å². The third kappa shape index (κ3) is 2.61. The highest BCUT2D eigenvalue weighted by molar-refractivity contribution is 6.35. The van der Waals surface area contributed by atoms with Gasteiger partial charge in [0.15, 0.2) is 5.78 Å². The molecule has 0 aliphatic heterocycles. The molecule has 0 aromatic heterocycles. The Morgan fingerprint density at radius 2 is 1.76 bits per heavy atom. The molecule has 17 heavy (non-hydrogen) atoms. The molecule has 0 amide bonds. The Kier molecular flexibility index (Phi) is 3.40. The Balaban J connectivity index is 2.14. The van der Waals surface area contributed by atoms with E-state index < -0.39 is 0 Å². The Hall–Kier alpha value is -1.06. The molecule has 0 unspecified atom stereocenters. The van der Waals surface area contributed by atoms with Gasteiger partial charge in [0.1, 0.15) is 0 Å². The zero-order valence-corrected chi connectivity index (χ0v) is 10.6. The summed E-state index contributed by atoms with van der Waals surface area (Å²) < 4.78 is 4.59. The van der Waals surface area contributed by atoms with E-state index in [0.717, 1.165) is 0 Å². The molecule has 0 saturated heterocycles. The van der Waals surface area contributed by atoms with E-state index in [0.29, 0.717) is 22.0 Å². The van der Waals surface area contributed by atoms with Crippen LogP contribution in [-0.2, 0) is 9.53 Å². The highest BCUT2D eigenvalue weighted by atomic mass is 35.5.